The maximum absolute atomic E-state index is 11.7. The Morgan fingerprint density at radius 1 is 1.24 bits per heavy atom. The van der Waals surface area contributed by atoms with Crippen LogP contribution in [0.15, 0.2) is 73.5 Å². The van der Waals surface area contributed by atoms with E-state index in [1.807, 2.05) is 30.5 Å². The quantitative estimate of drug-likeness (QED) is 0.590. The number of allylic oxidation sites excluding steroid dienone is 3. The second-order valence-corrected chi connectivity index (χ2v) is 9.23. The van der Waals surface area contributed by atoms with Crippen LogP contribution in [0, 0.1) is 17.8 Å². The van der Waals surface area contributed by atoms with E-state index in [-0.39, 0.29) is 6.04 Å². The minimum atomic E-state index is -0.459. The Morgan fingerprint density at radius 3 is 2.97 bits per heavy atom. The molecule has 3 nitrogen and oxygen atoms in total. The van der Waals surface area contributed by atoms with E-state index in [9.17, 15) is 5.11 Å². The first kappa shape index (κ1) is 18.8. The maximum Gasteiger partial charge on any atom is 0.131 e. The molecule has 150 valence electrons. The molecule has 3 saturated heterocycles. The zero-order chi connectivity index (χ0) is 19.8. The molecular formula is C26H31N2O+. The van der Waals surface area contributed by atoms with Crippen molar-refractivity contribution in [3.8, 4) is 0 Å². The number of hydrogen-bond donors (Lipinski definition) is 1. The van der Waals surface area contributed by atoms with Crippen molar-refractivity contribution in [3.05, 3.63) is 79.1 Å². The van der Waals surface area contributed by atoms with Gasteiger partial charge in [-0.3, -0.25) is 4.98 Å². The fourth-order valence-corrected chi connectivity index (χ4v) is 6.24. The van der Waals surface area contributed by atoms with Gasteiger partial charge in [-0.2, -0.15) is 0 Å². The lowest BCUT2D eigenvalue weighted by molar-refractivity contribution is -0.975. The largest absolute Gasteiger partial charge is 0.382 e. The average Bonchev–Trinajstić information content (AvgIpc) is 2.78. The number of piperidine rings is 3. The summed E-state index contributed by atoms with van der Waals surface area (Å²) >= 11 is 0. The van der Waals surface area contributed by atoms with Gasteiger partial charge in [0, 0.05) is 36.3 Å². The number of hydrogen-bond acceptors (Lipinski definition) is 2. The van der Waals surface area contributed by atoms with Crippen LogP contribution in [0.1, 0.15) is 30.9 Å². The predicted molar refractivity (Wildman–Crippen MR) is 118 cm³/mol. The molecule has 4 aliphatic rings. The van der Waals surface area contributed by atoms with E-state index < -0.39 is 6.10 Å². The van der Waals surface area contributed by atoms with Gasteiger partial charge in [-0.05, 0) is 30.0 Å². The standard InChI is InChI=1S/C26H31N2O/c1-2-20-18-28(17-19-8-4-3-5-9-19)15-13-21(20)16-25(28)26(29)23-12-14-27-24-11-7-6-10-22(23)24/h2-8,10-12,14,19-21,25-26,29H,1,9,13,15-18H2/q+1/t19?,20-,21-,25-,26+,28?/m0/s1. The normalized spacial score (nSPS) is 34.4. The van der Waals surface area contributed by atoms with E-state index in [0.29, 0.717) is 17.8 Å². The third-order valence-corrected chi connectivity index (χ3v) is 7.71. The zero-order valence-corrected chi connectivity index (χ0v) is 17.0. The van der Waals surface area contributed by atoms with Crippen LogP contribution >= 0.6 is 0 Å². The molecule has 1 aromatic carbocycles. The van der Waals surface area contributed by atoms with Crippen LogP contribution in [-0.2, 0) is 0 Å². The summed E-state index contributed by atoms with van der Waals surface area (Å²) in [5.41, 5.74) is 2.01. The van der Waals surface area contributed by atoms with E-state index in [2.05, 4.69) is 48.0 Å². The molecule has 6 atom stereocenters. The highest BCUT2D eigenvalue weighted by Gasteiger charge is 2.54. The number of aliphatic hydroxyl groups excluding tert-OH is 1. The number of nitrogens with zero attached hydrogens (tertiary/aromatic N) is 2. The van der Waals surface area contributed by atoms with Crippen LogP contribution < -0.4 is 0 Å². The highest BCUT2D eigenvalue weighted by atomic mass is 16.3. The summed E-state index contributed by atoms with van der Waals surface area (Å²) in [5.74, 6) is 1.79. The Hall–Kier alpha value is -2.23. The number of fused-ring (bicyclic) bond motifs is 4. The third-order valence-electron chi connectivity index (χ3n) is 7.71. The molecule has 0 spiro atoms. The van der Waals surface area contributed by atoms with Crippen LogP contribution in [0.25, 0.3) is 10.9 Å². The van der Waals surface area contributed by atoms with E-state index in [1.165, 1.54) is 13.0 Å². The number of benzene rings is 1. The topological polar surface area (TPSA) is 33.1 Å². The molecule has 1 N–H and O–H groups in total. The van der Waals surface area contributed by atoms with E-state index >= 15 is 0 Å². The molecule has 4 heterocycles. The van der Waals surface area contributed by atoms with Crippen LogP contribution in [0.3, 0.4) is 0 Å². The Bertz CT molecular complexity index is 959. The van der Waals surface area contributed by atoms with Gasteiger partial charge in [0.1, 0.15) is 12.1 Å². The first-order valence-electron chi connectivity index (χ1n) is 11.0. The lowest BCUT2D eigenvalue weighted by Crippen LogP contribution is -2.69. The molecular weight excluding hydrogens is 356 g/mol. The Morgan fingerprint density at radius 2 is 2.14 bits per heavy atom. The van der Waals surface area contributed by atoms with Crippen molar-refractivity contribution in [1.82, 2.24) is 4.98 Å². The molecule has 0 amide bonds. The second-order valence-electron chi connectivity index (χ2n) is 9.23. The van der Waals surface area contributed by atoms with Gasteiger partial charge in [-0.1, -0.05) is 48.6 Å². The summed E-state index contributed by atoms with van der Waals surface area (Å²) in [7, 11) is 0. The molecule has 1 aliphatic carbocycles. The van der Waals surface area contributed by atoms with Gasteiger partial charge >= 0.3 is 0 Å². The molecule has 2 bridgehead atoms. The fourth-order valence-electron chi connectivity index (χ4n) is 6.24. The monoisotopic (exact) mass is 387 g/mol. The van der Waals surface area contributed by atoms with Gasteiger partial charge in [0.15, 0.2) is 0 Å². The van der Waals surface area contributed by atoms with Crippen molar-refractivity contribution < 1.29 is 9.59 Å². The van der Waals surface area contributed by atoms with Crippen molar-refractivity contribution in [1.29, 1.82) is 0 Å². The lowest BCUT2D eigenvalue weighted by Gasteiger charge is -2.59. The van der Waals surface area contributed by atoms with Crippen molar-refractivity contribution >= 4 is 10.9 Å². The summed E-state index contributed by atoms with van der Waals surface area (Å²) in [6.45, 7) is 7.55. The van der Waals surface area contributed by atoms with Gasteiger partial charge in [0.25, 0.3) is 0 Å². The van der Waals surface area contributed by atoms with Gasteiger partial charge in [-0.25, -0.2) is 0 Å². The van der Waals surface area contributed by atoms with E-state index in [4.69, 9.17) is 0 Å². The molecule has 3 fully saturated rings. The summed E-state index contributed by atoms with van der Waals surface area (Å²) < 4.78 is 1.02. The average molecular weight is 388 g/mol. The smallest absolute Gasteiger partial charge is 0.131 e. The molecule has 0 saturated carbocycles. The first-order chi connectivity index (χ1) is 14.2. The van der Waals surface area contributed by atoms with Crippen molar-refractivity contribution in [2.75, 3.05) is 19.6 Å². The summed E-state index contributed by atoms with van der Waals surface area (Å²) in [6.07, 6.45) is 16.0. The van der Waals surface area contributed by atoms with Crippen LogP contribution in [0.4, 0.5) is 0 Å². The second kappa shape index (κ2) is 7.55. The fraction of sp³-hybridized carbons (Fsp3) is 0.423. The number of quaternary nitrogens is 1. The van der Waals surface area contributed by atoms with Crippen molar-refractivity contribution in [2.45, 2.75) is 31.4 Å². The minimum Gasteiger partial charge on any atom is -0.382 e. The van der Waals surface area contributed by atoms with Crippen LogP contribution in [-0.4, -0.2) is 40.2 Å². The molecule has 3 aliphatic heterocycles. The molecule has 1 aromatic heterocycles. The van der Waals surface area contributed by atoms with Gasteiger partial charge in [0.05, 0.1) is 25.2 Å². The number of para-hydroxylation sites is 1. The maximum atomic E-state index is 11.7. The SMILES string of the molecule is C=C[C@H]1C[N+]2(CC3C=CC=CC3)CC[C@H]1C[C@H]2[C@H](O)c1ccnc2ccccc12. The third kappa shape index (κ3) is 3.27. The van der Waals surface area contributed by atoms with Crippen molar-refractivity contribution in [2.24, 2.45) is 17.8 Å². The van der Waals surface area contributed by atoms with Gasteiger partial charge in [0.2, 0.25) is 0 Å². The molecule has 6 rings (SSSR count). The minimum absolute atomic E-state index is 0.245. The molecule has 0 radical (unpaired) electrons. The lowest BCUT2D eigenvalue weighted by atomic mass is 9.70. The van der Waals surface area contributed by atoms with E-state index in [1.54, 1.807) is 0 Å². The number of rotatable bonds is 5. The summed E-state index contributed by atoms with van der Waals surface area (Å²) in [4.78, 5) is 4.51. The van der Waals surface area contributed by atoms with E-state index in [0.717, 1.165) is 46.9 Å². The Labute approximate surface area is 173 Å². The Balaban J connectivity index is 1.52. The highest BCUT2D eigenvalue weighted by molar-refractivity contribution is 5.82. The predicted octanol–water partition coefficient (Wildman–Crippen LogP) is 4.81. The number of pyridine rings is 1. The molecule has 29 heavy (non-hydrogen) atoms. The molecule has 2 unspecified atom stereocenters. The summed E-state index contributed by atoms with van der Waals surface area (Å²) in [6, 6.07) is 10.5. The summed E-state index contributed by atoms with van der Waals surface area (Å²) in [5, 5.41) is 12.8. The molecule has 3 heteroatoms. The Kier molecular flexibility index (Phi) is 4.89. The zero-order valence-electron chi connectivity index (χ0n) is 17.0. The molecule has 2 aromatic rings. The number of aliphatic hydroxyl groups is 1. The highest BCUT2D eigenvalue weighted by Crippen LogP contribution is 2.47. The number of aromatic nitrogens is 1. The van der Waals surface area contributed by atoms with Crippen LogP contribution in [0.5, 0.6) is 0 Å². The van der Waals surface area contributed by atoms with Gasteiger partial charge in [-0.15, -0.1) is 6.58 Å². The van der Waals surface area contributed by atoms with Crippen LogP contribution in [0.2, 0.25) is 0 Å². The van der Waals surface area contributed by atoms with Crippen molar-refractivity contribution in [3.63, 3.8) is 0 Å². The van der Waals surface area contributed by atoms with Gasteiger partial charge < -0.3 is 9.59 Å². The first-order valence-corrected chi connectivity index (χ1v) is 11.0.